The summed E-state index contributed by atoms with van der Waals surface area (Å²) < 4.78 is 0.536. The fourth-order valence-electron chi connectivity index (χ4n) is 1.46. The fourth-order valence-corrected chi connectivity index (χ4v) is 19.7. The third kappa shape index (κ3) is 3.75. The van der Waals surface area contributed by atoms with E-state index in [1.807, 2.05) is 49.1 Å². The first kappa shape index (κ1) is 11.9. The lowest BCUT2D eigenvalue weighted by molar-refractivity contribution is 0.494. The highest BCUT2D eigenvalue weighted by Crippen LogP contribution is 2.68. The third-order valence-corrected chi connectivity index (χ3v) is 17.2. The Kier molecular flexibility index (Phi) is 5.73. The van der Waals surface area contributed by atoms with Crippen LogP contribution in [0.2, 0.25) is 0 Å². The van der Waals surface area contributed by atoms with E-state index >= 15 is 0 Å². The van der Waals surface area contributed by atoms with Crippen LogP contribution in [-0.2, 0) is 0 Å². The molecule has 0 aromatic rings. The fraction of sp³-hybridized carbons (Fsp3) is 1.00. The Morgan fingerprint density at radius 1 is 0.615 bits per heavy atom. The maximum Gasteiger partial charge on any atom is 0.0834 e. The molecule has 0 nitrogen and oxygen atoms in total. The smallest absolute Gasteiger partial charge is 0.0629 e. The minimum atomic E-state index is 0.536. The molecule has 0 bridgehead atoms. The summed E-state index contributed by atoms with van der Waals surface area (Å²) >= 11 is 0. The van der Waals surface area contributed by atoms with Crippen molar-refractivity contribution < 1.29 is 0 Å². The van der Waals surface area contributed by atoms with Crippen molar-refractivity contribution in [3.8, 4) is 0 Å². The van der Waals surface area contributed by atoms with Gasteiger partial charge in [0.1, 0.15) is 0 Å². The van der Waals surface area contributed by atoms with Crippen molar-refractivity contribution in [2.45, 2.75) is 36.2 Å². The van der Waals surface area contributed by atoms with Crippen LogP contribution in [0.5, 0.6) is 0 Å². The summed E-state index contributed by atoms with van der Waals surface area (Å²) in [7, 11) is 13.9. The van der Waals surface area contributed by atoms with Gasteiger partial charge in [0.15, 0.2) is 0 Å². The van der Waals surface area contributed by atoms with Crippen LogP contribution in [0.3, 0.4) is 0 Å². The van der Waals surface area contributed by atoms with E-state index in [0.29, 0.717) is 4.08 Å². The van der Waals surface area contributed by atoms with Gasteiger partial charge in [0.2, 0.25) is 0 Å². The Labute approximate surface area is 106 Å². The maximum absolute atomic E-state index is 2.11. The van der Waals surface area contributed by atoms with Gasteiger partial charge in [0.25, 0.3) is 0 Å². The lowest BCUT2D eigenvalue weighted by atomic mass is 10.00. The van der Waals surface area contributed by atoms with E-state index in [4.69, 9.17) is 0 Å². The van der Waals surface area contributed by atoms with Gasteiger partial charge in [-0.05, 0) is 62.0 Å². The van der Waals surface area contributed by atoms with E-state index in [2.05, 4.69) is 21.6 Å². The van der Waals surface area contributed by atoms with Gasteiger partial charge in [0.05, 0.1) is 4.08 Å². The van der Waals surface area contributed by atoms with E-state index in [0.717, 1.165) is 0 Å². The minimum Gasteiger partial charge on any atom is -0.0629 e. The maximum atomic E-state index is 2.11. The van der Waals surface area contributed by atoms with Crippen molar-refractivity contribution in [3.05, 3.63) is 0 Å². The summed E-state index contributed by atoms with van der Waals surface area (Å²) in [5.41, 5.74) is 0. The van der Waals surface area contributed by atoms with Crippen LogP contribution in [0.4, 0.5) is 0 Å². The number of hydrogen-bond acceptors (Lipinski definition) is 7. The molecule has 7 heteroatoms. The standard InChI is InChI=1S/C6H10S7/c1-2-4-6(5-3-1)7-9-11-13-12-10-8-6/h1-5H2. The molecule has 1 spiro atoms. The second kappa shape index (κ2) is 6.25. The largest absolute Gasteiger partial charge is 0.0834 e. The van der Waals surface area contributed by atoms with Gasteiger partial charge in [0, 0.05) is 0 Å². The number of hydrogen-bond donors (Lipinski definition) is 0. The van der Waals surface area contributed by atoms with Crippen molar-refractivity contribution in [2.75, 3.05) is 0 Å². The number of rotatable bonds is 0. The van der Waals surface area contributed by atoms with Gasteiger partial charge >= 0.3 is 0 Å². The molecule has 0 atom stereocenters. The Bertz CT molecular complexity index is 145. The Morgan fingerprint density at radius 3 is 1.77 bits per heavy atom. The van der Waals surface area contributed by atoms with Crippen molar-refractivity contribution in [1.29, 1.82) is 0 Å². The first-order valence-electron chi connectivity index (χ1n) is 4.12. The Morgan fingerprint density at radius 2 is 1.15 bits per heavy atom. The van der Waals surface area contributed by atoms with Gasteiger partial charge in [-0.15, -0.1) is 0 Å². The lowest BCUT2D eigenvalue weighted by Crippen LogP contribution is -2.21. The average molecular weight is 307 g/mol. The molecular formula is C6H10S7. The molecule has 1 saturated heterocycles. The molecule has 2 rings (SSSR count). The Hall–Kier alpha value is 2.45. The molecule has 0 amide bonds. The van der Waals surface area contributed by atoms with Crippen molar-refractivity contribution in [1.82, 2.24) is 0 Å². The molecule has 13 heavy (non-hydrogen) atoms. The van der Waals surface area contributed by atoms with Gasteiger partial charge in [-0.2, -0.15) is 0 Å². The predicted octanol–water partition coefficient (Wildman–Crippen LogP) is 6.28. The highest BCUT2D eigenvalue weighted by atomic mass is 33.9. The van der Waals surface area contributed by atoms with E-state index in [1.165, 1.54) is 32.1 Å². The van der Waals surface area contributed by atoms with Gasteiger partial charge in [-0.3, -0.25) is 0 Å². The molecule has 0 radical (unpaired) electrons. The van der Waals surface area contributed by atoms with Crippen LogP contribution in [0, 0.1) is 0 Å². The molecular weight excluding hydrogens is 297 g/mol. The summed E-state index contributed by atoms with van der Waals surface area (Å²) in [5, 5.41) is 0. The monoisotopic (exact) mass is 306 g/mol. The van der Waals surface area contributed by atoms with Crippen molar-refractivity contribution in [3.63, 3.8) is 0 Å². The van der Waals surface area contributed by atoms with E-state index in [-0.39, 0.29) is 0 Å². The van der Waals surface area contributed by atoms with E-state index < -0.39 is 0 Å². The molecule has 1 aliphatic carbocycles. The second-order valence-electron chi connectivity index (χ2n) is 2.98. The van der Waals surface area contributed by atoms with Crippen LogP contribution in [0.25, 0.3) is 0 Å². The molecule has 0 N–H and O–H groups in total. The summed E-state index contributed by atoms with van der Waals surface area (Å²) in [6.45, 7) is 0. The molecule has 76 valence electrons. The summed E-state index contributed by atoms with van der Waals surface area (Å²) in [4.78, 5) is 0. The molecule has 2 aliphatic rings. The van der Waals surface area contributed by atoms with Crippen LogP contribution >= 0.6 is 70.7 Å². The third-order valence-electron chi connectivity index (χ3n) is 2.10. The highest BCUT2D eigenvalue weighted by molar-refractivity contribution is 9.47. The molecule has 0 aromatic carbocycles. The van der Waals surface area contributed by atoms with Crippen molar-refractivity contribution in [2.24, 2.45) is 0 Å². The zero-order valence-electron chi connectivity index (χ0n) is 6.89. The second-order valence-corrected chi connectivity index (χ2v) is 15.0. The first-order valence-corrected chi connectivity index (χ1v) is 12.9. The minimum absolute atomic E-state index is 0.536. The summed E-state index contributed by atoms with van der Waals surface area (Å²) in [6, 6.07) is 0. The zero-order chi connectivity index (χ0) is 8.99. The van der Waals surface area contributed by atoms with Gasteiger partial charge < -0.3 is 0 Å². The average Bonchev–Trinajstić information content (AvgIpc) is 2.14. The van der Waals surface area contributed by atoms with E-state index in [9.17, 15) is 0 Å². The SMILES string of the molecule is C1CCC2(CC1)SSSSSSS2. The van der Waals surface area contributed by atoms with Crippen LogP contribution in [0.15, 0.2) is 0 Å². The van der Waals surface area contributed by atoms with Gasteiger partial charge in [-0.1, -0.05) is 40.9 Å². The molecule has 1 aliphatic heterocycles. The normalized spacial score (nSPS) is 29.5. The van der Waals surface area contributed by atoms with Crippen LogP contribution in [-0.4, -0.2) is 4.08 Å². The summed E-state index contributed by atoms with van der Waals surface area (Å²) in [6.07, 6.45) is 7.14. The highest BCUT2D eigenvalue weighted by Gasteiger charge is 2.35. The Balaban J connectivity index is 1.91. The molecule has 1 saturated carbocycles. The van der Waals surface area contributed by atoms with Crippen LogP contribution in [0.1, 0.15) is 32.1 Å². The van der Waals surface area contributed by atoms with Gasteiger partial charge in [-0.25, -0.2) is 0 Å². The lowest BCUT2D eigenvalue weighted by Gasteiger charge is -2.34. The quantitative estimate of drug-likeness (QED) is 0.476. The molecule has 0 aromatic heterocycles. The predicted molar refractivity (Wildman–Crippen MR) is 79.0 cm³/mol. The summed E-state index contributed by atoms with van der Waals surface area (Å²) in [5.74, 6) is 0. The molecule has 0 unspecified atom stereocenters. The zero-order valence-corrected chi connectivity index (χ0v) is 12.6. The van der Waals surface area contributed by atoms with Crippen LogP contribution < -0.4 is 0 Å². The molecule has 2 fully saturated rings. The van der Waals surface area contributed by atoms with E-state index in [1.54, 1.807) is 0 Å². The topological polar surface area (TPSA) is 0 Å². The molecule has 1 heterocycles. The van der Waals surface area contributed by atoms with Crippen molar-refractivity contribution >= 4 is 70.7 Å². The first-order chi connectivity index (χ1) is 6.41.